The Morgan fingerprint density at radius 3 is 2.61 bits per heavy atom. The van der Waals surface area contributed by atoms with Crippen molar-refractivity contribution in [3.8, 4) is 5.75 Å². The fraction of sp³-hybridized carbons (Fsp3) is 0.357. The Hall–Kier alpha value is -1.81. The standard InChI is InChI=1S/C14H14O4/c1-14(2)13(18-14)9-6-8-4-5-12(15)17-10(8)7-11(9)16-3/h4-7,13H,1-3H3/t13-/m1/s1. The molecule has 1 aromatic heterocycles. The summed E-state index contributed by atoms with van der Waals surface area (Å²) >= 11 is 0. The highest BCUT2D eigenvalue weighted by Gasteiger charge is 2.50. The van der Waals surface area contributed by atoms with Crippen molar-refractivity contribution in [3.05, 3.63) is 40.2 Å². The van der Waals surface area contributed by atoms with Crippen LogP contribution < -0.4 is 10.4 Å². The first-order valence-electron chi connectivity index (χ1n) is 5.81. The predicted molar refractivity (Wildman–Crippen MR) is 66.9 cm³/mol. The van der Waals surface area contributed by atoms with Crippen molar-refractivity contribution < 1.29 is 13.9 Å². The lowest BCUT2D eigenvalue weighted by atomic mass is 10.0. The van der Waals surface area contributed by atoms with Gasteiger partial charge in [0, 0.05) is 23.1 Å². The molecule has 0 bridgehead atoms. The van der Waals surface area contributed by atoms with Gasteiger partial charge in [-0.2, -0.15) is 0 Å². The van der Waals surface area contributed by atoms with Crippen LogP contribution in [0.15, 0.2) is 33.5 Å². The summed E-state index contributed by atoms with van der Waals surface area (Å²) in [5.74, 6) is 0.687. The van der Waals surface area contributed by atoms with E-state index in [0.717, 1.165) is 10.9 Å². The van der Waals surface area contributed by atoms with Crippen LogP contribution in [0.1, 0.15) is 25.5 Å². The largest absolute Gasteiger partial charge is 0.496 e. The fourth-order valence-electron chi connectivity index (χ4n) is 2.20. The van der Waals surface area contributed by atoms with Crippen LogP contribution in [-0.2, 0) is 4.74 Å². The minimum absolute atomic E-state index is 0.0313. The summed E-state index contributed by atoms with van der Waals surface area (Å²) in [7, 11) is 1.60. The van der Waals surface area contributed by atoms with E-state index < -0.39 is 0 Å². The second-order valence-electron chi connectivity index (χ2n) is 4.99. The summed E-state index contributed by atoms with van der Waals surface area (Å²) in [6.07, 6.45) is 0.0313. The molecule has 1 aromatic carbocycles. The Morgan fingerprint density at radius 1 is 1.28 bits per heavy atom. The van der Waals surface area contributed by atoms with Gasteiger partial charge in [0.15, 0.2) is 0 Å². The Bertz CT molecular complexity index is 669. The molecule has 2 aromatic rings. The van der Waals surface area contributed by atoms with E-state index >= 15 is 0 Å². The molecule has 0 spiro atoms. The molecule has 1 atom stereocenters. The van der Waals surface area contributed by atoms with Crippen molar-refractivity contribution in [1.29, 1.82) is 0 Å². The number of hydrogen-bond donors (Lipinski definition) is 0. The molecule has 1 aliphatic heterocycles. The van der Waals surface area contributed by atoms with Crippen molar-refractivity contribution in [2.24, 2.45) is 0 Å². The zero-order valence-corrected chi connectivity index (χ0v) is 10.5. The van der Waals surface area contributed by atoms with Crippen LogP contribution >= 0.6 is 0 Å². The second kappa shape index (κ2) is 3.59. The van der Waals surface area contributed by atoms with E-state index in [9.17, 15) is 4.79 Å². The fourth-order valence-corrected chi connectivity index (χ4v) is 2.20. The maximum Gasteiger partial charge on any atom is 0.336 e. The zero-order valence-electron chi connectivity index (χ0n) is 10.5. The maximum absolute atomic E-state index is 11.2. The van der Waals surface area contributed by atoms with Crippen molar-refractivity contribution in [1.82, 2.24) is 0 Å². The van der Waals surface area contributed by atoms with E-state index in [1.165, 1.54) is 6.07 Å². The molecule has 1 aliphatic rings. The number of ether oxygens (including phenoxy) is 2. The molecular weight excluding hydrogens is 232 g/mol. The number of methoxy groups -OCH3 is 1. The molecule has 2 heterocycles. The zero-order chi connectivity index (χ0) is 12.9. The summed E-state index contributed by atoms with van der Waals surface area (Å²) in [4.78, 5) is 11.2. The van der Waals surface area contributed by atoms with Gasteiger partial charge in [0.2, 0.25) is 0 Å². The number of hydrogen-bond acceptors (Lipinski definition) is 4. The molecule has 0 amide bonds. The smallest absolute Gasteiger partial charge is 0.336 e. The van der Waals surface area contributed by atoms with Crippen LogP contribution in [-0.4, -0.2) is 12.7 Å². The van der Waals surface area contributed by atoms with E-state index in [2.05, 4.69) is 0 Å². The van der Waals surface area contributed by atoms with E-state index in [0.29, 0.717) is 11.3 Å². The van der Waals surface area contributed by atoms with Crippen LogP contribution in [0.4, 0.5) is 0 Å². The first-order valence-corrected chi connectivity index (χ1v) is 5.81. The molecule has 94 valence electrons. The van der Waals surface area contributed by atoms with Crippen molar-refractivity contribution in [2.75, 3.05) is 7.11 Å². The summed E-state index contributed by atoms with van der Waals surface area (Å²) < 4.78 is 16.1. The maximum atomic E-state index is 11.2. The summed E-state index contributed by atoms with van der Waals surface area (Å²) in [6.45, 7) is 4.07. The van der Waals surface area contributed by atoms with E-state index in [1.807, 2.05) is 19.9 Å². The van der Waals surface area contributed by atoms with Crippen LogP contribution in [0.2, 0.25) is 0 Å². The molecule has 0 radical (unpaired) electrons. The molecule has 4 heteroatoms. The molecular formula is C14H14O4. The highest BCUT2D eigenvalue weighted by molar-refractivity contribution is 5.79. The predicted octanol–water partition coefficient (Wildman–Crippen LogP) is 2.65. The number of rotatable bonds is 2. The number of benzene rings is 1. The van der Waals surface area contributed by atoms with Gasteiger partial charge in [0.25, 0.3) is 0 Å². The minimum Gasteiger partial charge on any atom is -0.496 e. The highest BCUT2D eigenvalue weighted by atomic mass is 16.6. The van der Waals surface area contributed by atoms with Gasteiger partial charge in [-0.25, -0.2) is 4.79 Å². The van der Waals surface area contributed by atoms with Gasteiger partial charge in [-0.15, -0.1) is 0 Å². The minimum atomic E-state index is -0.361. The van der Waals surface area contributed by atoms with Gasteiger partial charge in [0.1, 0.15) is 17.4 Å². The number of fused-ring (bicyclic) bond motifs is 1. The third-order valence-electron chi connectivity index (χ3n) is 3.25. The van der Waals surface area contributed by atoms with Gasteiger partial charge in [-0.3, -0.25) is 0 Å². The Balaban J connectivity index is 2.19. The van der Waals surface area contributed by atoms with Crippen molar-refractivity contribution in [2.45, 2.75) is 25.6 Å². The molecule has 1 saturated heterocycles. The van der Waals surface area contributed by atoms with Gasteiger partial charge in [0.05, 0.1) is 12.7 Å². The molecule has 0 saturated carbocycles. The lowest BCUT2D eigenvalue weighted by molar-refractivity contribution is 0.322. The lowest BCUT2D eigenvalue weighted by Crippen LogP contribution is -2.01. The SMILES string of the molecule is COc1cc2oc(=O)ccc2cc1[C@H]1OC1(C)C. The quantitative estimate of drug-likeness (QED) is 0.603. The average Bonchev–Trinajstić information content (AvgIpc) is 2.96. The molecule has 0 unspecified atom stereocenters. The topological polar surface area (TPSA) is 52.0 Å². The van der Waals surface area contributed by atoms with Crippen LogP contribution in [0.3, 0.4) is 0 Å². The van der Waals surface area contributed by atoms with Crippen LogP contribution in [0.25, 0.3) is 11.0 Å². The average molecular weight is 246 g/mol. The highest BCUT2D eigenvalue weighted by Crippen LogP contribution is 2.52. The van der Waals surface area contributed by atoms with Gasteiger partial charge >= 0.3 is 5.63 Å². The molecule has 3 rings (SSSR count). The molecule has 0 N–H and O–H groups in total. The summed E-state index contributed by atoms with van der Waals surface area (Å²) in [5, 5.41) is 0.872. The van der Waals surface area contributed by atoms with Crippen molar-refractivity contribution in [3.63, 3.8) is 0 Å². The second-order valence-corrected chi connectivity index (χ2v) is 4.99. The number of epoxide rings is 1. The monoisotopic (exact) mass is 246 g/mol. The third-order valence-corrected chi connectivity index (χ3v) is 3.25. The van der Waals surface area contributed by atoms with Gasteiger partial charge < -0.3 is 13.9 Å². The lowest BCUT2D eigenvalue weighted by Gasteiger charge is -2.08. The van der Waals surface area contributed by atoms with Crippen LogP contribution in [0.5, 0.6) is 5.75 Å². The molecule has 4 nitrogen and oxygen atoms in total. The van der Waals surface area contributed by atoms with Gasteiger partial charge in [-0.1, -0.05) is 0 Å². The van der Waals surface area contributed by atoms with Crippen molar-refractivity contribution >= 4 is 11.0 Å². The van der Waals surface area contributed by atoms with E-state index in [1.54, 1.807) is 19.2 Å². The third kappa shape index (κ3) is 1.69. The first-order chi connectivity index (χ1) is 8.51. The summed E-state index contributed by atoms with van der Waals surface area (Å²) in [6, 6.07) is 6.86. The Morgan fingerprint density at radius 2 is 2.00 bits per heavy atom. The van der Waals surface area contributed by atoms with Gasteiger partial charge in [-0.05, 0) is 26.0 Å². The Labute approximate surface area is 104 Å². The van der Waals surface area contributed by atoms with E-state index in [4.69, 9.17) is 13.9 Å². The molecule has 1 fully saturated rings. The normalized spacial score (nSPS) is 20.9. The Kier molecular flexibility index (Phi) is 2.25. The first kappa shape index (κ1) is 11.3. The van der Waals surface area contributed by atoms with Crippen LogP contribution in [0, 0.1) is 0 Å². The molecule has 0 aliphatic carbocycles. The molecule has 18 heavy (non-hydrogen) atoms. The van der Waals surface area contributed by atoms with E-state index in [-0.39, 0.29) is 17.3 Å². The summed E-state index contributed by atoms with van der Waals surface area (Å²) in [5.41, 5.74) is 1.00.